The molecule has 0 aliphatic carbocycles. The molecule has 0 bridgehead atoms. The number of nitrogens with one attached hydrogen (secondary N) is 1. The van der Waals surface area contributed by atoms with E-state index in [1.165, 1.54) is 5.56 Å². The fourth-order valence-electron chi connectivity index (χ4n) is 2.22. The number of para-hydroxylation sites is 1. The van der Waals surface area contributed by atoms with E-state index in [0.717, 1.165) is 17.7 Å². The number of halogens is 2. The first-order valence-electron chi connectivity index (χ1n) is 6.99. The van der Waals surface area contributed by atoms with Crippen LogP contribution in [-0.2, 0) is 6.42 Å². The lowest BCUT2D eigenvalue weighted by Crippen LogP contribution is -2.08. The van der Waals surface area contributed by atoms with E-state index < -0.39 is 6.61 Å². The minimum absolute atomic E-state index is 0.0818. The lowest BCUT2D eigenvalue weighted by atomic mass is 10.1. The molecule has 0 fully saturated rings. The molecule has 21 heavy (non-hydrogen) atoms. The Morgan fingerprint density at radius 1 is 1.05 bits per heavy atom. The molecule has 0 amide bonds. The molecule has 1 N–H and O–H groups in total. The molecule has 2 aromatic carbocycles. The summed E-state index contributed by atoms with van der Waals surface area (Å²) in [5, 5.41) is 3.45. The maximum absolute atomic E-state index is 12.1. The van der Waals surface area contributed by atoms with Crippen molar-refractivity contribution in [2.24, 2.45) is 0 Å². The van der Waals surface area contributed by atoms with Crippen LogP contribution >= 0.6 is 0 Å². The summed E-state index contributed by atoms with van der Waals surface area (Å²) < 4.78 is 28.6. The summed E-state index contributed by atoms with van der Waals surface area (Å²) in [6.07, 6.45) is 0.955. The summed E-state index contributed by atoms with van der Waals surface area (Å²) in [5.74, 6) is 0.176. The summed E-state index contributed by atoms with van der Waals surface area (Å²) in [5.41, 5.74) is 3.37. The first-order chi connectivity index (χ1) is 10.1. The minimum atomic E-state index is -2.79. The van der Waals surface area contributed by atoms with Gasteiger partial charge >= 0.3 is 6.61 Å². The van der Waals surface area contributed by atoms with Gasteiger partial charge in [-0.05, 0) is 42.7 Å². The molecule has 0 heterocycles. The van der Waals surface area contributed by atoms with Crippen molar-refractivity contribution in [3.8, 4) is 5.75 Å². The van der Waals surface area contributed by atoms with Gasteiger partial charge in [0.05, 0.1) is 0 Å². The quantitative estimate of drug-likeness (QED) is 0.806. The molecule has 0 aliphatic heterocycles. The van der Waals surface area contributed by atoms with Gasteiger partial charge in [-0.1, -0.05) is 37.3 Å². The zero-order valence-electron chi connectivity index (χ0n) is 12.1. The van der Waals surface area contributed by atoms with Crippen LogP contribution in [0.1, 0.15) is 31.0 Å². The Kier molecular flexibility index (Phi) is 5.14. The average Bonchev–Trinajstić information content (AvgIpc) is 2.48. The lowest BCUT2D eigenvalue weighted by Gasteiger charge is -2.18. The van der Waals surface area contributed by atoms with Gasteiger partial charge in [-0.25, -0.2) is 0 Å². The summed E-state index contributed by atoms with van der Waals surface area (Å²) in [7, 11) is 0. The van der Waals surface area contributed by atoms with Gasteiger partial charge in [0.15, 0.2) is 0 Å². The Balaban J connectivity index is 2.07. The Morgan fingerprint density at radius 2 is 1.71 bits per heavy atom. The van der Waals surface area contributed by atoms with Gasteiger partial charge in [-0.2, -0.15) is 8.78 Å². The lowest BCUT2D eigenvalue weighted by molar-refractivity contribution is -0.0498. The van der Waals surface area contributed by atoms with Crippen molar-refractivity contribution in [3.05, 3.63) is 59.7 Å². The normalized spacial score (nSPS) is 12.2. The maximum Gasteiger partial charge on any atom is 0.387 e. The molecule has 4 heteroatoms. The number of rotatable bonds is 6. The van der Waals surface area contributed by atoms with Crippen LogP contribution in [0.4, 0.5) is 14.5 Å². The number of hydrogen-bond donors (Lipinski definition) is 1. The highest BCUT2D eigenvalue weighted by molar-refractivity contribution is 5.52. The molecule has 1 unspecified atom stereocenters. The zero-order valence-corrected chi connectivity index (χ0v) is 12.1. The predicted molar refractivity (Wildman–Crippen MR) is 80.9 cm³/mol. The van der Waals surface area contributed by atoms with Crippen LogP contribution < -0.4 is 10.1 Å². The molecule has 0 aliphatic rings. The Hall–Kier alpha value is -2.10. The third kappa shape index (κ3) is 4.18. The van der Waals surface area contributed by atoms with Crippen molar-refractivity contribution < 1.29 is 13.5 Å². The predicted octanol–water partition coefficient (Wildman–Crippen LogP) is 5.02. The molecule has 2 nitrogen and oxygen atoms in total. The smallest absolute Gasteiger partial charge is 0.387 e. The van der Waals surface area contributed by atoms with Crippen LogP contribution in [0.5, 0.6) is 5.75 Å². The Morgan fingerprint density at radius 3 is 2.33 bits per heavy atom. The van der Waals surface area contributed by atoms with Crippen LogP contribution in [0.15, 0.2) is 48.5 Å². The van der Waals surface area contributed by atoms with Crippen molar-refractivity contribution in [2.75, 3.05) is 5.32 Å². The zero-order chi connectivity index (χ0) is 15.2. The van der Waals surface area contributed by atoms with Gasteiger partial charge < -0.3 is 10.1 Å². The number of ether oxygens (including phenoxy) is 1. The van der Waals surface area contributed by atoms with Gasteiger partial charge in [0.25, 0.3) is 0 Å². The van der Waals surface area contributed by atoms with E-state index in [0.29, 0.717) is 0 Å². The largest absolute Gasteiger partial charge is 0.435 e. The van der Waals surface area contributed by atoms with Gasteiger partial charge in [-0.15, -0.1) is 0 Å². The molecule has 0 spiro atoms. The molecular weight excluding hydrogens is 272 g/mol. The van der Waals surface area contributed by atoms with Crippen molar-refractivity contribution in [1.29, 1.82) is 0 Å². The first-order valence-corrected chi connectivity index (χ1v) is 6.99. The minimum Gasteiger partial charge on any atom is -0.435 e. The summed E-state index contributed by atoms with van der Waals surface area (Å²) in [4.78, 5) is 0. The highest BCUT2D eigenvalue weighted by Gasteiger charge is 2.09. The van der Waals surface area contributed by atoms with Gasteiger partial charge in [0.2, 0.25) is 0 Å². The van der Waals surface area contributed by atoms with Crippen LogP contribution in [0, 0.1) is 0 Å². The molecule has 2 aromatic rings. The van der Waals surface area contributed by atoms with Crippen LogP contribution in [-0.4, -0.2) is 6.61 Å². The monoisotopic (exact) mass is 291 g/mol. The topological polar surface area (TPSA) is 21.3 Å². The van der Waals surface area contributed by atoms with E-state index in [1.807, 2.05) is 25.1 Å². The highest BCUT2D eigenvalue weighted by Crippen LogP contribution is 2.24. The molecule has 1 atom stereocenters. The second kappa shape index (κ2) is 7.07. The van der Waals surface area contributed by atoms with Crippen molar-refractivity contribution >= 4 is 5.69 Å². The Bertz CT molecular complexity index is 569. The van der Waals surface area contributed by atoms with E-state index in [4.69, 9.17) is 0 Å². The average molecular weight is 291 g/mol. The summed E-state index contributed by atoms with van der Waals surface area (Å²) in [6, 6.07) is 14.9. The Labute approximate surface area is 123 Å². The molecule has 0 saturated carbocycles. The number of hydrogen-bond acceptors (Lipinski definition) is 2. The SMILES string of the molecule is CCc1ccccc1NC(C)c1ccc(OC(F)F)cc1. The fraction of sp³-hybridized carbons (Fsp3) is 0.294. The van der Waals surface area contributed by atoms with E-state index in [-0.39, 0.29) is 11.8 Å². The number of anilines is 1. The fourth-order valence-corrected chi connectivity index (χ4v) is 2.22. The van der Waals surface area contributed by atoms with Crippen LogP contribution in [0.2, 0.25) is 0 Å². The van der Waals surface area contributed by atoms with Crippen molar-refractivity contribution in [2.45, 2.75) is 32.9 Å². The van der Waals surface area contributed by atoms with E-state index in [9.17, 15) is 8.78 Å². The number of benzene rings is 2. The van der Waals surface area contributed by atoms with E-state index >= 15 is 0 Å². The second-order valence-electron chi connectivity index (χ2n) is 4.82. The van der Waals surface area contributed by atoms with Crippen molar-refractivity contribution in [3.63, 3.8) is 0 Å². The first kappa shape index (κ1) is 15.3. The third-order valence-electron chi connectivity index (χ3n) is 3.38. The van der Waals surface area contributed by atoms with Crippen LogP contribution in [0.3, 0.4) is 0 Å². The van der Waals surface area contributed by atoms with E-state index in [1.54, 1.807) is 24.3 Å². The number of aryl methyl sites for hydroxylation is 1. The molecular formula is C17H19F2NO. The second-order valence-corrected chi connectivity index (χ2v) is 4.82. The summed E-state index contributed by atoms with van der Waals surface area (Å²) in [6.45, 7) is 1.36. The summed E-state index contributed by atoms with van der Waals surface area (Å²) >= 11 is 0. The van der Waals surface area contributed by atoms with Gasteiger partial charge in [0, 0.05) is 11.7 Å². The standard InChI is InChI=1S/C17H19F2NO/c1-3-13-6-4-5-7-16(13)20-12(2)14-8-10-15(11-9-14)21-17(18)19/h4-12,17,20H,3H2,1-2H3. The third-order valence-corrected chi connectivity index (χ3v) is 3.38. The van der Waals surface area contributed by atoms with Crippen LogP contribution in [0.25, 0.3) is 0 Å². The molecule has 0 radical (unpaired) electrons. The van der Waals surface area contributed by atoms with Gasteiger partial charge in [-0.3, -0.25) is 0 Å². The van der Waals surface area contributed by atoms with Crippen molar-refractivity contribution in [1.82, 2.24) is 0 Å². The molecule has 112 valence electrons. The number of alkyl halides is 2. The van der Waals surface area contributed by atoms with Gasteiger partial charge in [0.1, 0.15) is 5.75 Å². The molecule has 2 rings (SSSR count). The highest BCUT2D eigenvalue weighted by atomic mass is 19.3. The maximum atomic E-state index is 12.1. The van der Waals surface area contributed by atoms with E-state index in [2.05, 4.69) is 23.0 Å². The molecule has 0 aromatic heterocycles. The molecule has 0 saturated heterocycles.